The first-order chi connectivity index (χ1) is 6.38. The fourth-order valence-electron chi connectivity index (χ4n) is 0.724. The number of aromatic nitrogens is 2. The molecule has 1 aromatic rings. The zero-order chi connectivity index (χ0) is 10.8. The van der Waals surface area contributed by atoms with Gasteiger partial charge < -0.3 is 5.73 Å². The van der Waals surface area contributed by atoms with Crippen molar-refractivity contribution in [2.45, 2.75) is 19.6 Å². The van der Waals surface area contributed by atoms with Gasteiger partial charge in [-0.15, -0.1) is 5.54 Å². The van der Waals surface area contributed by atoms with Crippen LogP contribution >= 0.6 is 11.6 Å². The third kappa shape index (κ3) is 3.36. The van der Waals surface area contributed by atoms with Gasteiger partial charge in [-0.3, -0.25) is 0 Å². The average Bonchev–Trinajstić information content (AvgIpc) is 2.00. The van der Waals surface area contributed by atoms with Gasteiger partial charge in [-0.2, -0.15) is 0 Å². The highest BCUT2D eigenvalue weighted by Gasteiger charge is 2.08. The van der Waals surface area contributed by atoms with Gasteiger partial charge in [0, 0.05) is 0 Å². The summed E-state index contributed by atoms with van der Waals surface area (Å²) in [5.74, 6) is 3.23. The maximum atomic E-state index is 5.61. The molecule has 0 radical (unpaired) electrons. The lowest BCUT2D eigenvalue weighted by molar-refractivity contribution is 1.19. The van der Waals surface area contributed by atoms with E-state index in [4.69, 9.17) is 17.3 Å². The fraction of sp³-hybridized carbons (Fsp3) is 0.333. The quantitative estimate of drug-likeness (QED) is 0.542. The Labute approximate surface area is 89.7 Å². The number of nitrogens with zero attached hydrogens (tertiary/aromatic N) is 2. The van der Waals surface area contributed by atoms with Gasteiger partial charge in [-0.05, 0) is 0 Å². The molecule has 1 heterocycles. The van der Waals surface area contributed by atoms with Crippen LogP contribution in [-0.4, -0.2) is 18.0 Å². The summed E-state index contributed by atoms with van der Waals surface area (Å²) < 4.78 is 0. The minimum absolute atomic E-state index is 0.293. The molecule has 0 atom stereocenters. The van der Waals surface area contributed by atoms with Gasteiger partial charge in [0.2, 0.25) is 0 Å². The zero-order valence-electron chi connectivity index (χ0n) is 8.43. The molecule has 0 aliphatic carbocycles. The second-order valence-electron chi connectivity index (χ2n) is 3.93. The molecule has 0 bridgehead atoms. The second-order valence-corrected chi connectivity index (χ2v) is 9.06. The van der Waals surface area contributed by atoms with E-state index in [9.17, 15) is 0 Å². The Morgan fingerprint density at radius 1 is 1.43 bits per heavy atom. The first kappa shape index (κ1) is 11.0. The minimum Gasteiger partial charge on any atom is -0.381 e. The van der Waals surface area contributed by atoms with Crippen LogP contribution in [0.25, 0.3) is 0 Å². The van der Waals surface area contributed by atoms with Gasteiger partial charge in [0.05, 0.1) is 6.20 Å². The Balaban J connectivity index is 3.02. The Hall–Kier alpha value is -1.05. The molecule has 0 fully saturated rings. The van der Waals surface area contributed by atoms with Crippen LogP contribution in [0.2, 0.25) is 24.8 Å². The van der Waals surface area contributed by atoms with E-state index in [1.54, 1.807) is 0 Å². The van der Waals surface area contributed by atoms with Crippen molar-refractivity contribution in [3.05, 3.63) is 17.0 Å². The smallest absolute Gasteiger partial charge is 0.159 e. The summed E-state index contributed by atoms with van der Waals surface area (Å²) in [6.07, 6.45) is 1.45. The minimum atomic E-state index is -1.39. The standard InChI is InChI=1S/C9H12ClN3Si/c1-14(2,3)5-4-7-9(11)13-8(10)6-12-7/h6H,1-3H3,(H2,11,13). The molecule has 0 aliphatic rings. The van der Waals surface area contributed by atoms with Crippen LogP contribution in [0.3, 0.4) is 0 Å². The van der Waals surface area contributed by atoms with Crippen LogP contribution in [0.4, 0.5) is 5.82 Å². The highest BCUT2D eigenvalue weighted by Crippen LogP contribution is 2.09. The van der Waals surface area contributed by atoms with Crippen molar-refractivity contribution in [3.63, 3.8) is 0 Å². The number of hydrogen-bond donors (Lipinski definition) is 1. The van der Waals surface area contributed by atoms with E-state index in [0.29, 0.717) is 16.7 Å². The Bertz CT molecular complexity index is 401. The monoisotopic (exact) mass is 225 g/mol. The molecule has 74 valence electrons. The molecule has 2 N–H and O–H groups in total. The van der Waals surface area contributed by atoms with E-state index in [0.717, 1.165) is 0 Å². The van der Waals surface area contributed by atoms with Crippen LogP contribution in [-0.2, 0) is 0 Å². The van der Waals surface area contributed by atoms with E-state index < -0.39 is 8.07 Å². The zero-order valence-corrected chi connectivity index (χ0v) is 10.2. The summed E-state index contributed by atoms with van der Waals surface area (Å²) in [6.45, 7) is 6.46. The third-order valence-electron chi connectivity index (χ3n) is 1.33. The maximum absolute atomic E-state index is 5.61. The topological polar surface area (TPSA) is 51.8 Å². The molecule has 3 nitrogen and oxygen atoms in total. The summed E-state index contributed by atoms with van der Waals surface area (Å²) in [5.41, 5.74) is 9.28. The van der Waals surface area contributed by atoms with Gasteiger partial charge in [0.1, 0.15) is 13.2 Å². The van der Waals surface area contributed by atoms with Gasteiger partial charge in [0.25, 0.3) is 0 Å². The van der Waals surface area contributed by atoms with Gasteiger partial charge in [-0.1, -0.05) is 37.2 Å². The Kier molecular flexibility index (Phi) is 3.14. The van der Waals surface area contributed by atoms with Gasteiger partial charge in [0.15, 0.2) is 11.5 Å². The van der Waals surface area contributed by atoms with Crippen molar-refractivity contribution in [2.75, 3.05) is 5.73 Å². The summed E-state index contributed by atoms with van der Waals surface area (Å²) in [6, 6.07) is 0. The fourth-order valence-corrected chi connectivity index (χ4v) is 1.36. The van der Waals surface area contributed by atoms with Crippen LogP contribution in [0.1, 0.15) is 5.69 Å². The summed E-state index contributed by atoms with van der Waals surface area (Å²) in [5, 5.41) is 0.293. The van der Waals surface area contributed by atoms with E-state index in [1.165, 1.54) is 6.20 Å². The molecule has 0 saturated carbocycles. The molecule has 1 rings (SSSR count). The van der Waals surface area contributed by atoms with E-state index in [2.05, 4.69) is 41.1 Å². The number of rotatable bonds is 0. The first-order valence-electron chi connectivity index (χ1n) is 4.20. The van der Waals surface area contributed by atoms with Crippen molar-refractivity contribution < 1.29 is 0 Å². The summed E-state index contributed by atoms with van der Waals surface area (Å²) in [4.78, 5) is 7.88. The second kappa shape index (κ2) is 3.99. The lowest BCUT2D eigenvalue weighted by Crippen LogP contribution is -2.16. The third-order valence-corrected chi connectivity index (χ3v) is 2.38. The molecule has 1 aromatic heterocycles. The predicted molar refractivity (Wildman–Crippen MR) is 61.7 cm³/mol. The highest BCUT2D eigenvalue weighted by atomic mass is 35.5. The predicted octanol–water partition coefficient (Wildman–Crippen LogP) is 1.94. The normalized spacial score (nSPS) is 10.6. The number of nitrogen functional groups attached to an aromatic ring is 1. The van der Waals surface area contributed by atoms with Crippen LogP contribution < -0.4 is 5.73 Å². The molecular formula is C9H12ClN3Si. The number of anilines is 1. The summed E-state index contributed by atoms with van der Waals surface area (Å²) in [7, 11) is -1.39. The van der Waals surface area contributed by atoms with E-state index in [-0.39, 0.29) is 0 Å². The highest BCUT2D eigenvalue weighted by molar-refractivity contribution is 6.83. The van der Waals surface area contributed by atoms with Crippen molar-refractivity contribution in [1.82, 2.24) is 9.97 Å². The Morgan fingerprint density at radius 2 is 2.07 bits per heavy atom. The molecule has 0 amide bonds. The van der Waals surface area contributed by atoms with Crippen molar-refractivity contribution >= 4 is 25.5 Å². The van der Waals surface area contributed by atoms with Gasteiger partial charge >= 0.3 is 0 Å². The molecule has 0 aliphatic heterocycles. The lowest BCUT2D eigenvalue weighted by atomic mass is 10.4. The maximum Gasteiger partial charge on any atom is 0.159 e. The van der Waals surface area contributed by atoms with Crippen LogP contribution in [0.5, 0.6) is 0 Å². The Morgan fingerprint density at radius 3 is 2.57 bits per heavy atom. The van der Waals surface area contributed by atoms with E-state index in [1.807, 2.05) is 0 Å². The molecule has 5 heteroatoms. The number of halogens is 1. The molecule has 0 unspecified atom stereocenters. The van der Waals surface area contributed by atoms with Crippen LogP contribution in [0.15, 0.2) is 6.20 Å². The average molecular weight is 226 g/mol. The number of nitrogens with two attached hydrogens (primary N) is 1. The molecule has 0 saturated heterocycles. The molecule has 0 aromatic carbocycles. The number of hydrogen-bond acceptors (Lipinski definition) is 3. The molecule has 14 heavy (non-hydrogen) atoms. The van der Waals surface area contributed by atoms with Crippen molar-refractivity contribution in [2.24, 2.45) is 0 Å². The lowest BCUT2D eigenvalue weighted by Gasteiger charge is -2.03. The first-order valence-corrected chi connectivity index (χ1v) is 8.07. The molecule has 0 spiro atoms. The van der Waals surface area contributed by atoms with E-state index >= 15 is 0 Å². The molecular weight excluding hydrogens is 214 g/mol. The van der Waals surface area contributed by atoms with Crippen molar-refractivity contribution in [1.29, 1.82) is 0 Å². The largest absolute Gasteiger partial charge is 0.381 e. The SMILES string of the molecule is C[Si](C)(C)C#Cc1ncc(Cl)nc1N. The van der Waals surface area contributed by atoms with Gasteiger partial charge in [-0.25, -0.2) is 9.97 Å². The van der Waals surface area contributed by atoms with Crippen LogP contribution in [0, 0.1) is 11.5 Å². The van der Waals surface area contributed by atoms with Crippen molar-refractivity contribution in [3.8, 4) is 11.5 Å². The summed E-state index contributed by atoms with van der Waals surface area (Å²) >= 11 is 5.61.